The number of phenolic OH excluding ortho intramolecular Hbond substituents is 1. The van der Waals surface area contributed by atoms with Gasteiger partial charge in [-0.25, -0.2) is 9.82 Å². The van der Waals surface area contributed by atoms with Crippen molar-refractivity contribution in [2.24, 2.45) is 5.10 Å². The lowest BCUT2D eigenvalue weighted by Gasteiger charge is -2.09. The Labute approximate surface area is 188 Å². The molecular formula is C21H15Br2FN2O4. The first-order valence-electron chi connectivity index (χ1n) is 8.50. The zero-order valence-electron chi connectivity index (χ0n) is 15.5. The lowest BCUT2D eigenvalue weighted by atomic mass is 10.2. The third-order valence-corrected chi connectivity index (χ3v) is 5.08. The maximum atomic E-state index is 13.5. The number of amides is 1. The number of hydrogen-bond donors (Lipinski definition) is 2. The molecule has 0 saturated carbocycles. The van der Waals surface area contributed by atoms with Gasteiger partial charge in [0.2, 0.25) is 0 Å². The molecule has 3 aromatic rings. The second-order valence-electron chi connectivity index (χ2n) is 5.96. The largest absolute Gasteiger partial charge is 0.506 e. The van der Waals surface area contributed by atoms with Crippen LogP contribution < -0.4 is 14.9 Å². The van der Waals surface area contributed by atoms with Crippen LogP contribution in [-0.4, -0.2) is 24.3 Å². The van der Waals surface area contributed by atoms with Crippen LogP contribution >= 0.6 is 31.9 Å². The molecular weight excluding hydrogens is 523 g/mol. The highest BCUT2D eigenvalue weighted by molar-refractivity contribution is 9.11. The zero-order chi connectivity index (χ0) is 21.7. The van der Waals surface area contributed by atoms with Crippen molar-refractivity contribution in [1.29, 1.82) is 0 Å². The van der Waals surface area contributed by atoms with E-state index in [1.807, 2.05) is 0 Å². The third kappa shape index (κ3) is 5.37. The minimum Gasteiger partial charge on any atom is -0.506 e. The number of rotatable bonds is 6. The number of nitrogens with zero attached hydrogens (tertiary/aromatic N) is 1. The zero-order valence-corrected chi connectivity index (χ0v) is 18.7. The summed E-state index contributed by atoms with van der Waals surface area (Å²) < 4.78 is 25.1. The SMILES string of the molecule is COc1cc(Oc2cccc(C(=O)NN=Cc3cc(Br)c(O)c(Br)c3)c2)ccc1F. The Morgan fingerprint density at radius 2 is 1.80 bits per heavy atom. The molecule has 154 valence electrons. The summed E-state index contributed by atoms with van der Waals surface area (Å²) in [5, 5.41) is 13.7. The average molecular weight is 538 g/mol. The van der Waals surface area contributed by atoms with E-state index in [-0.39, 0.29) is 11.5 Å². The monoisotopic (exact) mass is 536 g/mol. The molecule has 30 heavy (non-hydrogen) atoms. The van der Waals surface area contributed by atoms with E-state index in [1.165, 1.54) is 37.6 Å². The van der Waals surface area contributed by atoms with Crippen LogP contribution in [0.5, 0.6) is 23.0 Å². The lowest BCUT2D eigenvalue weighted by Crippen LogP contribution is -2.17. The first kappa shape index (κ1) is 21.8. The average Bonchev–Trinajstić information content (AvgIpc) is 2.73. The van der Waals surface area contributed by atoms with Gasteiger partial charge in [0.25, 0.3) is 5.91 Å². The van der Waals surface area contributed by atoms with Crippen LogP contribution in [0.3, 0.4) is 0 Å². The van der Waals surface area contributed by atoms with Gasteiger partial charge in [-0.15, -0.1) is 0 Å². The van der Waals surface area contributed by atoms with Crippen molar-refractivity contribution in [3.63, 3.8) is 0 Å². The molecule has 0 radical (unpaired) electrons. The van der Waals surface area contributed by atoms with E-state index in [0.29, 0.717) is 31.6 Å². The molecule has 9 heteroatoms. The van der Waals surface area contributed by atoms with Gasteiger partial charge in [-0.1, -0.05) is 6.07 Å². The fourth-order valence-electron chi connectivity index (χ4n) is 2.43. The summed E-state index contributed by atoms with van der Waals surface area (Å²) in [5.41, 5.74) is 3.42. The lowest BCUT2D eigenvalue weighted by molar-refractivity contribution is 0.0955. The van der Waals surface area contributed by atoms with E-state index in [9.17, 15) is 14.3 Å². The number of hydrazone groups is 1. The van der Waals surface area contributed by atoms with Crippen molar-refractivity contribution in [2.45, 2.75) is 0 Å². The van der Waals surface area contributed by atoms with Crippen LogP contribution in [-0.2, 0) is 0 Å². The highest BCUT2D eigenvalue weighted by atomic mass is 79.9. The van der Waals surface area contributed by atoms with Crippen molar-refractivity contribution in [1.82, 2.24) is 5.43 Å². The third-order valence-electron chi connectivity index (χ3n) is 3.87. The molecule has 0 aromatic heterocycles. The molecule has 0 spiro atoms. The van der Waals surface area contributed by atoms with Crippen LogP contribution in [0.15, 0.2) is 68.6 Å². The van der Waals surface area contributed by atoms with Crippen LogP contribution in [0.4, 0.5) is 4.39 Å². The predicted molar refractivity (Wildman–Crippen MR) is 118 cm³/mol. The molecule has 0 atom stereocenters. The minimum atomic E-state index is -0.497. The smallest absolute Gasteiger partial charge is 0.271 e. The van der Waals surface area contributed by atoms with Gasteiger partial charge in [-0.2, -0.15) is 5.10 Å². The van der Waals surface area contributed by atoms with Gasteiger partial charge in [-0.3, -0.25) is 4.79 Å². The van der Waals surface area contributed by atoms with Crippen molar-refractivity contribution in [3.8, 4) is 23.0 Å². The Morgan fingerprint density at radius 1 is 1.10 bits per heavy atom. The molecule has 0 heterocycles. The molecule has 0 aliphatic heterocycles. The summed E-state index contributed by atoms with van der Waals surface area (Å²) in [6.07, 6.45) is 1.44. The van der Waals surface area contributed by atoms with Gasteiger partial charge in [0.05, 0.1) is 22.3 Å². The predicted octanol–water partition coefficient (Wildman–Crippen LogP) is 5.62. The molecule has 0 fully saturated rings. The van der Waals surface area contributed by atoms with Gasteiger partial charge in [-0.05, 0) is 79.9 Å². The summed E-state index contributed by atoms with van der Waals surface area (Å²) in [6.45, 7) is 0. The van der Waals surface area contributed by atoms with Crippen LogP contribution in [0, 0.1) is 5.82 Å². The van der Waals surface area contributed by atoms with E-state index in [1.54, 1.807) is 30.3 Å². The number of benzene rings is 3. The standard InChI is InChI=1S/C21H15Br2FN2O4/c1-29-19-10-15(5-6-18(19)24)30-14-4-2-3-13(9-14)21(28)26-25-11-12-7-16(22)20(27)17(23)8-12/h2-11,27H,1H3,(H,26,28). The molecule has 0 aliphatic rings. The van der Waals surface area contributed by atoms with E-state index in [0.717, 1.165) is 0 Å². The van der Waals surface area contributed by atoms with E-state index >= 15 is 0 Å². The number of carbonyl (C=O) groups is 1. The summed E-state index contributed by atoms with van der Waals surface area (Å²) in [4.78, 5) is 12.4. The topological polar surface area (TPSA) is 80.2 Å². The Bertz CT molecular complexity index is 1100. The van der Waals surface area contributed by atoms with Gasteiger partial charge in [0.15, 0.2) is 11.6 Å². The van der Waals surface area contributed by atoms with Crippen LogP contribution in [0.1, 0.15) is 15.9 Å². The van der Waals surface area contributed by atoms with Gasteiger partial charge in [0, 0.05) is 11.6 Å². The second-order valence-corrected chi connectivity index (χ2v) is 7.67. The summed E-state index contributed by atoms with van der Waals surface area (Å²) in [7, 11) is 1.36. The molecule has 0 bridgehead atoms. The summed E-state index contributed by atoms with van der Waals surface area (Å²) >= 11 is 6.46. The summed E-state index contributed by atoms with van der Waals surface area (Å²) in [6, 6.07) is 13.9. The van der Waals surface area contributed by atoms with Crippen molar-refractivity contribution in [2.75, 3.05) is 7.11 Å². The molecule has 6 nitrogen and oxygen atoms in total. The number of carbonyl (C=O) groups excluding carboxylic acids is 1. The number of hydrogen-bond acceptors (Lipinski definition) is 5. The second kappa shape index (κ2) is 9.73. The van der Waals surface area contributed by atoms with Gasteiger partial charge >= 0.3 is 0 Å². The maximum absolute atomic E-state index is 13.5. The first-order valence-corrected chi connectivity index (χ1v) is 10.1. The number of halogens is 3. The Hall–Kier alpha value is -2.91. The number of methoxy groups -OCH3 is 1. The molecule has 1 amide bonds. The fourth-order valence-corrected chi connectivity index (χ4v) is 3.65. The first-order chi connectivity index (χ1) is 14.4. The van der Waals surface area contributed by atoms with E-state index in [2.05, 4.69) is 42.4 Å². The molecule has 0 saturated heterocycles. The normalized spacial score (nSPS) is 10.8. The van der Waals surface area contributed by atoms with E-state index < -0.39 is 11.7 Å². The number of ether oxygens (including phenoxy) is 2. The molecule has 0 aliphatic carbocycles. The molecule has 0 unspecified atom stereocenters. The molecule has 2 N–H and O–H groups in total. The van der Waals surface area contributed by atoms with Gasteiger partial charge in [0.1, 0.15) is 17.2 Å². The van der Waals surface area contributed by atoms with Crippen molar-refractivity contribution < 1.29 is 23.8 Å². The quantitative estimate of drug-likeness (QED) is 0.316. The van der Waals surface area contributed by atoms with E-state index in [4.69, 9.17) is 9.47 Å². The van der Waals surface area contributed by atoms with Crippen LogP contribution in [0.25, 0.3) is 0 Å². The van der Waals surface area contributed by atoms with Crippen molar-refractivity contribution >= 4 is 44.0 Å². The number of nitrogens with one attached hydrogen (secondary N) is 1. The van der Waals surface area contributed by atoms with Gasteiger partial charge < -0.3 is 14.6 Å². The number of phenols is 1. The number of aromatic hydroxyl groups is 1. The maximum Gasteiger partial charge on any atom is 0.271 e. The highest BCUT2D eigenvalue weighted by Gasteiger charge is 2.09. The molecule has 3 rings (SSSR count). The Kier molecular flexibility index (Phi) is 7.07. The van der Waals surface area contributed by atoms with Crippen LogP contribution in [0.2, 0.25) is 0 Å². The molecule has 3 aromatic carbocycles. The fraction of sp³-hybridized carbons (Fsp3) is 0.0476. The Balaban J connectivity index is 1.69. The highest BCUT2D eigenvalue weighted by Crippen LogP contribution is 2.33. The summed E-state index contributed by atoms with van der Waals surface area (Å²) in [5.74, 6) is -0.0390. The minimum absolute atomic E-state index is 0.0586. The Morgan fingerprint density at radius 3 is 2.50 bits per heavy atom. The van der Waals surface area contributed by atoms with Crippen molar-refractivity contribution in [3.05, 3.63) is 80.5 Å².